The minimum absolute atomic E-state index is 0.0398. The lowest BCUT2D eigenvalue weighted by atomic mass is 10.1. The third-order valence-corrected chi connectivity index (χ3v) is 2.88. The molecule has 1 N–H and O–H groups in total. The lowest BCUT2D eigenvalue weighted by molar-refractivity contribution is -0.139. The first-order valence-electron chi connectivity index (χ1n) is 6.10. The molecule has 0 spiro atoms. The number of hydrogen-bond acceptors (Lipinski definition) is 2. The number of benzene rings is 2. The van der Waals surface area contributed by atoms with E-state index in [1.54, 1.807) is 0 Å². The van der Waals surface area contributed by atoms with E-state index in [1.165, 1.54) is 12.1 Å². The van der Waals surface area contributed by atoms with Crippen molar-refractivity contribution in [2.24, 2.45) is 0 Å². The maximum Gasteiger partial charge on any atom is 0.419 e. The van der Waals surface area contributed by atoms with Gasteiger partial charge in [-0.25, -0.2) is 9.18 Å². The molecule has 3 nitrogen and oxygen atoms in total. The van der Waals surface area contributed by atoms with Crippen LogP contribution in [-0.4, -0.2) is 11.1 Å². The highest BCUT2D eigenvalue weighted by molar-refractivity contribution is 5.87. The summed E-state index contributed by atoms with van der Waals surface area (Å²) < 4.78 is 57.0. The third-order valence-electron chi connectivity index (χ3n) is 2.88. The minimum Gasteiger partial charge on any atom is -0.488 e. The van der Waals surface area contributed by atoms with Crippen LogP contribution < -0.4 is 4.74 Å². The molecule has 0 saturated carbocycles. The number of carboxylic acid groups (broad SMARTS) is 1. The molecule has 2 aromatic carbocycles. The van der Waals surface area contributed by atoms with Crippen molar-refractivity contribution < 1.29 is 32.2 Å². The summed E-state index contributed by atoms with van der Waals surface area (Å²) in [6.07, 6.45) is -4.58. The Bertz CT molecular complexity index is 695. The van der Waals surface area contributed by atoms with E-state index in [0.717, 1.165) is 30.3 Å². The van der Waals surface area contributed by atoms with Crippen molar-refractivity contribution in [2.75, 3.05) is 0 Å². The quantitative estimate of drug-likeness (QED) is 0.864. The molecule has 0 saturated heterocycles. The number of aromatic carboxylic acids is 1. The number of para-hydroxylation sites is 1. The van der Waals surface area contributed by atoms with Gasteiger partial charge in [-0.3, -0.25) is 0 Å². The Morgan fingerprint density at radius 3 is 2.41 bits per heavy atom. The van der Waals surface area contributed by atoms with Gasteiger partial charge in [0.25, 0.3) is 0 Å². The van der Waals surface area contributed by atoms with Crippen LogP contribution in [0.4, 0.5) is 17.6 Å². The van der Waals surface area contributed by atoms with Crippen LogP contribution in [0.3, 0.4) is 0 Å². The number of hydrogen-bond donors (Lipinski definition) is 1. The molecular formula is C15H10F4O3. The van der Waals surface area contributed by atoms with Crippen molar-refractivity contribution in [3.05, 3.63) is 65.0 Å². The van der Waals surface area contributed by atoms with Crippen LogP contribution in [0.5, 0.6) is 5.75 Å². The molecule has 2 rings (SSSR count). The van der Waals surface area contributed by atoms with Gasteiger partial charge >= 0.3 is 12.1 Å². The lowest BCUT2D eigenvalue weighted by Gasteiger charge is -2.14. The number of halogens is 4. The Labute approximate surface area is 122 Å². The van der Waals surface area contributed by atoms with Gasteiger partial charge < -0.3 is 9.84 Å². The zero-order valence-corrected chi connectivity index (χ0v) is 11.0. The van der Waals surface area contributed by atoms with E-state index < -0.39 is 35.9 Å². The highest BCUT2D eigenvalue weighted by Crippen LogP contribution is 2.36. The smallest absolute Gasteiger partial charge is 0.419 e. The normalized spacial score (nSPS) is 11.3. The van der Waals surface area contributed by atoms with Gasteiger partial charge in [0, 0.05) is 5.56 Å². The molecule has 0 aliphatic carbocycles. The monoisotopic (exact) mass is 314 g/mol. The van der Waals surface area contributed by atoms with Crippen LogP contribution in [0, 0.1) is 5.82 Å². The molecule has 0 atom stereocenters. The molecule has 0 unspecified atom stereocenters. The van der Waals surface area contributed by atoms with Gasteiger partial charge in [0.2, 0.25) is 0 Å². The summed E-state index contributed by atoms with van der Waals surface area (Å²) in [5.74, 6) is -2.57. The molecule has 0 aliphatic rings. The Hall–Kier alpha value is -2.57. The van der Waals surface area contributed by atoms with Gasteiger partial charge in [-0.05, 0) is 24.3 Å². The van der Waals surface area contributed by atoms with Crippen LogP contribution in [0.15, 0.2) is 42.5 Å². The van der Waals surface area contributed by atoms with E-state index >= 15 is 0 Å². The fraction of sp³-hybridized carbons (Fsp3) is 0.133. The molecule has 0 bridgehead atoms. The van der Waals surface area contributed by atoms with E-state index in [1.807, 2.05) is 0 Å². The fourth-order valence-electron chi connectivity index (χ4n) is 1.78. The van der Waals surface area contributed by atoms with Crippen molar-refractivity contribution in [3.8, 4) is 5.75 Å². The molecule has 2 aromatic rings. The lowest BCUT2D eigenvalue weighted by Crippen LogP contribution is -2.09. The molecular weight excluding hydrogens is 304 g/mol. The predicted octanol–water partition coefficient (Wildman–Crippen LogP) is 4.12. The van der Waals surface area contributed by atoms with Crippen LogP contribution in [0.25, 0.3) is 0 Å². The van der Waals surface area contributed by atoms with Gasteiger partial charge in [0.15, 0.2) is 0 Å². The molecule has 7 heteroatoms. The van der Waals surface area contributed by atoms with Crippen molar-refractivity contribution in [3.63, 3.8) is 0 Å². The SMILES string of the molecule is O=C(O)c1ccc(COc2ccccc2C(F)(F)F)c(F)c1. The standard InChI is InChI=1S/C15H10F4O3/c16-12-7-9(14(20)21)5-6-10(12)8-22-13-4-2-1-3-11(13)15(17,18)19/h1-7H,8H2,(H,20,21). The maximum absolute atomic E-state index is 13.7. The molecule has 116 valence electrons. The van der Waals surface area contributed by atoms with Crippen molar-refractivity contribution >= 4 is 5.97 Å². The Kier molecular flexibility index (Phi) is 4.35. The molecule has 0 aromatic heterocycles. The number of ether oxygens (including phenoxy) is 1. The molecule has 0 aliphatic heterocycles. The van der Waals surface area contributed by atoms with Gasteiger partial charge in [0.1, 0.15) is 18.2 Å². The highest BCUT2D eigenvalue weighted by Gasteiger charge is 2.34. The zero-order chi connectivity index (χ0) is 16.3. The van der Waals surface area contributed by atoms with Gasteiger partial charge in [-0.15, -0.1) is 0 Å². The first kappa shape index (κ1) is 15.8. The number of rotatable bonds is 4. The largest absolute Gasteiger partial charge is 0.488 e. The first-order chi connectivity index (χ1) is 10.3. The van der Waals surface area contributed by atoms with Gasteiger partial charge in [-0.1, -0.05) is 18.2 Å². The van der Waals surface area contributed by atoms with E-state index in [4.69, 9.17) is 9.84 Å². The summed E-state index contributed by atoms with van der Waals surface area (Å²) in [6.45, 7) is -0.446. The third kappa shape index (κ3) is 3.55. The summed E-state index contributed by atoms with van der Waals surface area (Å²) >= 11 is 0. The van der Waals surface area contributed by atoms with Crippen LogP contribution in [0.1, 0.15) is 21.5 Å². The van der Waals surface area contributed by atoms with Gasteiger partial charge in [0.05, 0.1) is 11.1 Å². The van der Waals surface area contributed by atoms with Gasteiger partial charge in [-0.2, -0.15) is 13.2 Å². The van der Waals surface area contributed by atoms with E-state index in [9.17, 15) is 22.4 Å². The summed E-state index contributed by atoms with van der Waals surface area (Å²) in [7, 11) is 0. The second-order valence-corrected chi connectivity index (χ2v) is 4.39. The number of carbonyl (C=O) groups is 1. The number of carboxylic acids is 1. The fourth-order valence-corrected chi connectivity index (χ4v) is 1.78. The Balaban J connectivity index is 2.19. The van der Waals surface area contributed by atoms with E-state index in [0.29, 0.717) is 0 Å². The average Bonchev–Trinajstić information content (AvgIpc) is 2.45. The summed E-state index contributed by atoms with van der Waals surface area (Å²) in [5.41, 5.74) is -1.25. The summed E-state index contributed by atoms with van der Waals surface area (Å²) in [5, 5.41) is 8.71. The molecule has 22 heavy (non-hydrogen) atoms. The van der Waals surface area contributed by atoms with Crippen molar-refractivity contribution in [2.45, 2.75) is 12.8 Å². The maximum atomic E-state index is 13.7. The molecule has 0 heterocycles. The first-order valence-corrected chi connectivity index (χ1v) is 6.10. The second-order valence-electron chi connectivity index (χ2n) is 4.39. The van der Waals surface area contributed by atoms with E-state index in [2.05, 4.69) is 0 Å². The topological polar surface area (TPSA) is 46.5 Å². The Morgan fingerprint density at radius 2 is 1.82 bits per heavy atom. The van der Waals surface area contributed by atoms with Crippen LogP contribution >= 0.6 is 0 Å². The predicted molar refractivity (Wildman–Crippen MR) is 69.1 cm³/mol. The Morgan fingerprint density at radius 1 is 1.14 bits per heavy atom. The van der Waals surface area contributed by atoms with Crippen LogP contribution in [0.2, 0.25) is 0 Å². The number of alkyl halides is 3. The van der Waals surface area contributed by atoms with Crippen molar-refractivity contribution in [1.82, 2.24) is 0 Å². The van der Waals surface area contributed by atoms with Crippen molar-refractivity contribution in [1.29, 1.82) is 0 Å². The minimum atomic E-state index is -4.58. The second kappa shape index (κ2) is 6.05. The average molecular weight is 314 g/mol. The van der Waals surface area contributed by atoms with Crippen LogP contribution in [-0.2, 0) is 12.8 Å². The molecule has 0 radical (unpaired) electrons. The zero-order valence-electron chi connectivity index (χ0n) is 11.0. The summed E-state index contributed by atoms with van der Waals surface area (Å²) in [4.78, 5) is 10.7. The van der Waals surface area contributed by atoms with E-state index in [-0.39, 0.29) is 11.1 Å². The molecule has 0 fully saturated rings. The highest BCUT2D eigenvalue weighted by atomic mass is 19.4. The molecule has 0 amide bonds. The summed E-state index contributed by atoms with van der Waals surface area (Å²) in [6, 6.07) is 7.68.